The van der Waals surface area contributed by atoms with Crippen molar-refractivity contribution in [2.45, 2.75) is 13.0 Å². The number of nitrogens with zero attached hydrogens (tertiary/aromatic N) is 1. The molecule has 2 rings (SSSR count). The molecule has 0 saturated heterocycles. The molecular formula is C17H17N3O2. The van der Waals surface area contributed by atoms with Crippen LogP contribution in [0.2, 0.25) is 0 Å². The highest BCUT2D eigenvalue weighted by molar-refractivity contribution is 5.89. The first-order valence-electron chi connectivity index (χ1n) is 6.91. The summed E-state index contributed by atoms with van der Waals surface area (Å²) in [6.07, 6.45) is 0. The van der Waals surface area contributed by atoms with Gasteiger partial charge in [0, 0.05) is 11.8 Å². The zero-order valence-corrected chi connectivity index (χ0v) is 12.2. The van der Waals surface area contributed by atoms with Gasteiger partial charge in [-0.3, -0.25) is 0 Å². The fourth-order valence-corrected chi connectivity index (χ4v) is 1.97. The molecule has 0 fully saturated rings. The van der Waals surface area contributed by atoms with Crippen molar-refractivity contribution in [1.29, 1.82) is 5.26 Å². The Kier molecular flexibility index (Phi) is 5.38. The third-order valence-corrected chi connectivity index (χ3v) is 3.04. The van der Waals surface area contributed by atoms with E-state index in [0.717, 1.165) is 5.56 Å². The molecule has 22 heavy (non-hydrogen) atoms. The van der Waals surface area contributed by atoms with Crippen molar-refractivity contribution in [3.05, 3.63) is 60.2 Å². The van der Waals surface area contributed by atoms with E-state index in [1.54, 1.807) is 24.3 Å². The molecule has 1 atom stereocenters. The van der Waals surface area contributed by atoms with Gasteiger partial charge in [0.15, 0.2) is 6.61 Å². The molecule has 0 unspecified atom stereocenters. The van der Waals surface area contributed by atoms with Gasteiger partial charge in [0.05, 0.1) is 6.04 Å². The molecule has 0 heterocycles. The average molecular weight is 295 g/mol. The van der Waals surface area contributed by atoms with Gasteiger partial charge in [-0.1, -0.05) is 36.4 Å². The molecule has 0 spiro atoms. The van der Waals surface area contributed by atoms with Crippen LogP contribution in [0.1, 0.15) is 18.5 Å². The Labute approximate surface area is 129 Å². The zero-order chi connectivity index (χ0) is 15.8. The van der Waals surface area contributed by atoms with Gasteiger partial charge >= 0.3 is 6.03 Å². The summed E-state index contributed by atoms with van der Waals surface area (Å²) in [5.41, 5.74) is 1.64. The Morgan fingerprint density at radius 1 is 1.23 bits per heavy atom. The second kappa shape index (κ2) is 7.70. The number of anilines is 1. The molecule has 112 valence electrons. The van der Waals surface area contributed by atoms with Gasteiger partial charge in [0.1, 0.15) is 11.8 Å². The number of urea groups is 1. The minimum absolute atomic E-state index is 0.0271. The summed E-state index contributed by atoms with van der Waals surface area (Å²) in [4.78, 5) is 12.0. The quantitative estimate of drug-likeness (QED) is 0.887. The van der Waals surface area contributed by atoms with Crippen LogP contribution in [-0.2, 0) is 0 Å². The van der Waals surface area contributed by atoms with E-state index in [1.807, 2.05) is 43.3 Å². The lowest BCUT2D eigenvalue weighted by Crippen LogP contribution is -2.31. The van der Waals surface area contributed by atoms with Gasteiger partial charge in [-0.15, -0.1) is 0 Å². The summed E-state index contributed by atoms with van der Waals surface area (Å²) in [6.45, 7) is 1.89. The summed E-state index contributed by atoms with van der Waals surface area (Å²) >= 11 is 0. The first-order chi connectivity index (χ1) is 10.7. The molecule has 2 N–H and O–H groups in total. The molecule has 2 aromatic carbocycles. The molecule has 0 aliphatic carbocycles. The lowest BCUT2D eigenvalue weighted by atomic mass is 10.1. The smallest absolute Gasteiger partial charge is 0.319 e. The van der Waals surface area contributed by atoms with Crippen molar-refractivity contribution in [3.8, 4) is 11.8 Å². The van der Waals surface area contributed by atoms with E-state index < -0.39 is 0 Å². The molecule has 5 heteroatoms. The summed E-state index contributed by atoms with van der Waals surface area (Å²) in [6, 6.07) is 18.1. The topological polar surface area (TPSA) is 74.2 Å². The molecule has 2 aromatic rings. The number of amides is 2. The zero-order valence-electron chi connectivity index (χ0n) is 12.2. The number of nitrogens with one attached hydrogen (secondary N) is 2. The molecule has 0 aliphatic rings. The second-order valence-electron chi connectivity index (χ2n) is 4.71. The number of rotatable bonds is 5. The van der Waals surface area contributed by atoms with Gasteiger partial charge in [-0.25, -0.2) is 4.79 Å². The van der Waals surface area contributed by atoms with Gasteiger partial charge in [-0.05, 0) is 24.6 Å². The number of hydrogen-bond donors (Lipinski definition) is 2. The number of ether oxygens (including phenoxy) is 1. The van der Waals surface area contributed by atoms with Crippen molar-refractivity contribution in [3.63, 3.8) is 0 Å². The fraction of sp³-hybridized carbons (Fsp3) is 0.176. The second-order valence-corrected chi connectivity index (χ2v) is 4.71. The number of nitriles is 1. The predicted octanol–water partition coefficient (Wildman–Crippen LogP) is 3.47. The van der Waals surface area contributed by atoms with E-state index in [1.165, 1.54) is 0 Å². The Morgan fingerprint density at radius 2 is 2.00 bits per heavy atom. The highest BCUT2D eigenvalue weighted by Gasteiger charge is 2.09. The van der Waals surface area contributed by atoms with Crippen LogP contribution in [0.15, 0.2) is 54.6 Å². The van der Waals surface area contributed by atoms with Crippen LogP contribution in [0.25, 0.3) is 0 Å². The highest BCUT2D eigenvalue weighted by atomic mass is 16.5. The molecule has 2 amide bonds. The number of carbonyl (C=O) groups is 1. The summed E-state index contributed by atoms with van der Waals surface area (Å²) in [7, 11) is 0. The molecule has 0 aromatic heterocycles. The standard InChI is InChI=1S/C17H17N3O2/c1-13(14-6-3-2-4-7-14)19-17(21)20-15-8-5-9-16(12-15)22-11-10-18/h2-9,12-13H,11H2,1H3,(H2,19,20,21)/t13-/m1/s1. The summed E-state index contributed by atoms with van der Waals surface area (Å²) in [5, 5.41) is 14.1. The van der Waals surface area contributed by atoms with Crippen molar-refractivity contribution in [1.82, 2.24) is 5.32 Å². The lowest BCUT2D eigenvalue weighted by molar-refractivity contribution is 0.249. The number of carbonyl (C=O) groups excluding carboxylic acids is 1. The van der Waals surface area contributed by atoms with Crippen molar-refractivity contribution in [2.24, 2.45) is 0 Å². The monoisotopic (exact) mass is 295 g/mol. The molecule has 0 radical (unpaired) electrons. The Hall–Kier alpha value is -3.00. The number of benzene rings is 2. The van der Waals surface area contributed by atoms with Crippen LogP contribution in [0.4, 0.5) is 10.5 Å². The Bertz CT molecular complexity index is 665. The lowest BCUT2D eigenvalue weighted by Gasteiger charge is -2.15. The Balaban J connectivity index is 1.93. The third kappa shape index (κ3) is 4.53. The minimum atomic E-state index is -0.297. The molecule has 0 aliphatic heterocycles. The van der Waals surface area contributed by atoms with Crippen LogP contribution in [0, 0.1) is 11.3 Å². The third-order valence-electron chi connectivity index (χ3n) is 3.04. The maximum absolute atomic E-state index is 12.0. The molecular weight excluding hydrogens is 278 g/mol. The van der Waals surface area contributed by atoms with E-state index in [-0.39, 0.29) is 18.7 Å². The van der Waals surface area contributed by atoms with Gasteiger partial charge in [-0.2, -0.15) is 5.26 Å². The van der Waals surface area contributed by atoms with Crippen molar-refractivity contribution < 1.29 is 9.53 Å². The maximum Gasteiger partial charge on any atom is 0.319 e. The van der Waals surface area contributed by atoms with E-state index in [9.17, 15) is 4.79 Å². The van der Waals surface area contributed by atoms with Crippen LogP contribution >= 0.6 is 0 Å². The van der Waals surface area contributed by atoms with E-state index in [2.05, 4.69) is 10.6 Å². The summed E-state index contributed by atoms with van der Waals surface area (Å²) in [5.74, 6) is 0.537. The maximum atomic E-state index is 12.0. The average Bonchev–Trinajstić information content (AvgIpc) is 2.54. The van der Waals surface area contributed by atoms with Gasteiger partial charge in [0.25, 0.3) is 0 Å². The largest absolute Gasteiger partial charge is 0.479 e. The van der Waals surface area contributed by atoms with Crippen LogP contribution in [0.3, 0.4) is 0 Å². The van der Waals surface area contributed by atoms with E-state index in [4.69, 9.17) is 10.00 Å². The van der Waals surface area contributed by atoms with Gasteiger partial charge < -0.3 is 15.4 Å². The minimum Gasteiger partial charge on any atom is -0.479 e. The fourth-order valence-electron chi connectivity index (χ4n) is 1.97. The first kappa shape index (κ1) is 15.4. The van der Waals surface area contributed by atoms with Crippen molar-refractivity contribution >= 4 is 11.7 Å². The highest BCUT2D eigenvalue weighted by Crippen LogP contribution is 2.17. The first-order valence-corrected chi connectivity index (χ1v) is 6.91. The number of hydrogen-bond acceptors (Lipinski definition) is 3. The predicted molar refractivity (Wildman–Crippen MR) is 84.6 cm³/mol. The SMILES string of the molecule is C[C@@H](NC(=O)Nc1cccc(OCC#N)c1)c1ccccc1. The molecule has 5 nitrogen and oxygen atoms in total. The van der Waals surface area contributed by atoms with Crippen molar-refractivity contribution in [2.75, 3.05) is 11.9 Å². The molecule has 0 saturated carbocycles. The van der Waals surface area contributed by atoms with E-state index >= 15 is 0 Å². The normalized spacial score (nSPS) is 11.1. The van der Waals surface area contributed by atoms with E-state index in [0.29, 0.717) is 11.4 Å². The summed E-state index contributed by atoms with van der Waals surface area (Å²) < 4.78 is 5.19. The Morgan fingerprint density at radius 3 is 2.73 bits per heavy atom. The molecule has 0 bridgehead atoms. The van der Waals surface area contributed by atoms with Crippen LogP contribution in [0.5, 0.6) is 5.75 Å². The van der Waals surface area contributed by atoms with Crippen LogP contribution in [-0.4, -0.2) is 12.6 Å². The van der Waals surface area contributed by atoms with Gasteiger partial charge in [0.2, 0.25) is 0 Å². The van der Waals surface area contributed by atoms with Crippen LogP contribution < -0.4 is 15.4 Å².